The number of rotatable bonds is 1. The highest BCUT2D eigenvalue weighted by molar-refractivity contribution is 6.15. The van der Waals surface area contributed by atoms with E-state index in [2.05, 4.69) is 0 Å². The Bertz CT molecular complexity index is 383. The molecule has 0 aromatic heterocycles. The van der Waals surface area contributed by atoms with Gasteiger partial charge in [-0.2, -0.15) is 0 Å². The SMILES string of the molecule is O=C1CC(=O)N(c2ccc(O)cc2)C1. The molecule has 0 bridgehead atoms. The zero-order valence-electron chi connectivity index (χ0n) is 7.43. The lowest BCUT2D eigenvalue weighted by Gasteiger charge is -2.14. The van der Waals surface area contributed by atoms with Gasteiger partial charge in [-0.25, -0.2) is 0 Å². The number of carbonyl (C=O) groups is 2. The predicted molar refractivity (Wildman–Crippen MR) is 50.1 cm³/mol. The fraction of sp³-hybridized carbons (Fsp3) is 0.200. The zero-order chi connectivity index (χ0) is 10.1. The highest BCUT2D eigenvalue weighted by Gasteiger charge is 2.28. The number of carbonyl (C=O) groups excluding carboxylic acids is 2. The lowest BCUT2D eigenvalue weighted by atomic mass is 10.3. The van der Waals surface area contributed by atoms with Crippen LogP contribution in [0.25, 0.3) is 0 Å². The predicted octanol–water partition coefficient (Wildman–Crippen LogP) is 0.698. The lowest BCUT2D eigenvalue weighted by Crippen LogP contribution is -2.24. The van der Waals surface area contributed by atoms with Crippen molar-refractivity contribution in [1.82, 2.24) is 0 Å². The molecule has 0 atom stereocenters. The zero-order valence-corrected chi connectivity index (χ0v) is 7.43. The van der Waals surface area contributed by atoms with E-state index in [1.54, 1.807) is 12.1 Å². The van der Waals surface area contributed by atoms with Crippen molar-refractivity contribution in [2.75, 3.05) is 11.4 Å². The quantitative estimate of drug-likeness (QED) is 0.664. The molecule has 1 aliphatic rings. The Kier molecular flexibility index (Phi) is 1.96. The maximum absolute atomic E-state index is 11.3. The van der Waals surface area contributed by atoms with Crippen LogP contribution in [0.1, 0.15) is 6.42 Å². The molecule has 72 valence electrons. The molecule has 0 unspecified atom stereocenters. The standard InChI is InChI=1S/C10H9NO3/c12-8-3-1-7(2-4-8)11-6-9(13)5-10(11)14/h1-4,12H,5-6H2. The van der Waals surface area contributed by atoms with Gasteiger partial charge >= 0.3 is 0 Å². The number of nitrogens with zero attached hydrogens (tertiary/aromatic N) is 1. The maximum atomic E-state index is 11.3. The van der Waals surface area contributed by atoms with E-state index < -0.39 is 0 Å². The molecule has 1 aromatic rings. The van der Waals surface area contributed by atoms with Gasteiger partial charge in [0.15, 0.2) is 5.78 Å². The van der Waals surface area contributed by atoms with Crippen LogP contribution in [0.3, 0.4) is 0 Å². The largest absolute Gasteiger partial charge is 0.508 e. The number of phenolic OH excluding ortho intramolecular Hbond substituents is 1. The molecule has 0 aliphatic carbocycles. The van der Waals surface area contributed by atoms with Gasteiger partial charge in [-0.15, -0.1) is 0 Å². The van der Waals surface area contributed by atoms with Crippen molar-refractivity contribution in [2.24, 2.45) is 0 Å². The van der Waals surface area contributed by atoms with Crippen LogP contribution in [0.2, 0.25) is 0 Å². The Labute approximate surface area is 80.8 Å². The van der Waals surface area contributed by atoms with Gasteiger partial charge in [-0.05, 0) is 24.3 Å². The number of amides is 1. The topological polar surface area (TPSA) is 57.6 Å². The summed E-state index contributed by atoms with van der Waals surface area (Å²) in [6.07, 6.45) is -0.0130. The van der Waals surface area contributed by atoms with Gasteiger partial charge in [-0.3, -0.25) is 9.59 Å². The van der Waals surface area contributed by atoms with Crippen molar-refractivity contribution in [3.8, 4) is 5.75 Å². The van der Waals surface area contributed by atoms with E-state index >= 15 is 0 Å². The molecule has 0 saturated carbocycles. The van der Waals surface area contributed by atoms with Crippen LogP contribution in [0, 0.1) is 0 Å². The second-order valence-corrected chi connectivity index (χ2v) is 3.21. The number of phenols is 1. The number of anilines is 1. The highest BCUT2D eigenvalue weighted by atomic mass is 16.3. The van der Waals surface area contributed by atoms with Gasteiger partial charge in [0.25, 0.3) is 0 Å². The summed E-state index contributed by atoms with van der Waals surface area (Å²) in [5.74, 6) is -0.101. The fourth-order valence-electron chi connectivity index (χ4n) is 1.45. The Balaban J connectivity index is 2.27. The Morgan fingerprint density at radius 3 is 2.29 bits per heavy atom. The molecule has 1 saturated heterocycles. The van der Waals surface area contributed by atoms with Crippen LogP contribution in [0.4, 0.5) is 5.69 Å². The van der Waals surface area contributed by atoms with Crippen LogP contribution < -0.4 is 4.90 Å². The molecule has 4 nitrogen and oxygen atoms in total. The summed E-state index contributed by atoms with van der Waals surface area (Å²) in [7, 11) is 0. The van der Waals surface area contributed by atoms with Crippen molar-refractivity contribution < 1.29 is 14.7 Å². The van der Waals surface area contributed by atoms with E-state index in [9.17, 15) is 9.59 Å². The molecule has 1 aromatic carbocycles. The molecule has 1 fully saturated rings. The van der Waals surface area contributed by atoms with Crippen LogP contribution in [0.15, 0.2) is 24.3 Å². The third-order valence-electron chi connectivity index (χ3n) is 2.15. The first-order valence-corrected chi connectivity index (χ1v) is 4.28. The van der Waals surface area contributed by atoms with E-state index in [1.807, 2.05) is 0 Å². The minimum atomic E-state index is -0.180. The Morgan fingerprint density at radius 2 is 1.79 bits per heavy atom. The first-order valence-electron chi connectivity index (χ1n) is 4.28. The second-order valence-electron chi connectivity index (χ2n) is 3.21. The summed E-state index contributed by atoms with van der Waals surface area (Å²) < 4.78 is 0. The molecule has 2 rings (SSSR count). The molecule has 1 amide bonds. The number of hydrogen-bond acceptors (Lipinski definition) is 3. The average Bonchev–Trinajstić information content (AvgIpc) is 2.47. The van der Waals surface area contributed by atoms with E-state index in [0.717, 1.165) is 0 Å². The minimum Gasteiger partial charge on any atom is -0.508 e. The van der Waals surface area contributed by atoms with Gasteiger partial charge in [0, 0.05) is 5.69 Å². The van der Waals surface area contributed by atoms with Gasteiger partial charge < -0.3 is 10.0 Å². The van der Waals surface area contributed by atoms with E-state index in [0.29, 0.717) is 5.69 Å². The molecule has 1 N–H and O–H groups in total. The summed E-state index contributed by atoms with van der Waals surface area (Å²) >= 11 is 0. The lowest BCUT2D eigenvalue weighted by molar-refractivity contribution is -0.121. The Hall–Kier alpha value is -1.84. The second kappa shape index (κ2) is 3.14. The number of aromatic hydroxyl groups is 1. The number of Topliss-reactive ketones (excluding diaryl/α,β-unsaturated/α-hetero) is 1. The van der Waals surface area contributed by atoms with Crippen molar-refractivity contribution in [2.45, 2.75) is 6.42 Å². The molecule has 1 aliphatic heterocycles. The molecule has 0 spiro atoms. The highest BCUT2D eigenvalue weighted by Crippen LogP contribution is 2.21. The van der Waals surface area contributed by atoms with Crippen molar-refractivity contribution in [1.29, 1.82) is 0 Å². The minimum absolute atomic E-state index is 0.0130. The van der Waals surface area contributed by atoms with E-state index in [-0.39, 0.29) is 30.4 Å². The number of benzene rings is 1. The smallest absolute Gasteiger partial charge is 0.234 e. The summed E-state index contributed by atoms with van der Waals surface area (Å²) in [5, 5.41) is 9.05. The normalized spacial score (nSPS) is 16.4. The van der Waals surface area contributed by atoms with Crippen molar-refractivity contribution in [3.63, 3.8) is 0 Å². The van der Waals surface area contributed by atoms with E-state index in [1.165, 1.54) is 17.0 Å². The van der Waals surface area contributed by atoms with Crippen LogP contribution in [-0.4, -0.2) is 23.3 Å². The van der Waals surface area contributed by atoms with Crippen LogP contribution in [0.5, 0.6) is 5.75 Å². The first kappa shape index (κ1) is 8.74. The summed E-state index contributed by atoms with van der Waals surface area (Å²) in [4.78, 5) is 23.7. The molecule has 14 heavy (non-hydrogen) atoms. The first-order chi connectivity index (χ1) is 6.66. The monoisotopic (exact) mass is 191 g/mol. The summed E-state index contributed by atoms with van der Waals surface area (Å²) in [6.45, 7) is 0.142. The number of hydrogen-bond donors (Lipinski definition) is 1. The summed E-state index contributed by atoms with van der Waals surface area (Å²) in [6, 6.07) is 6.22. The molecular weight excluding hydrogens is 182 g/mol. The van der Waals surface area contributed by atoms with Crippen LogP contribution >= 0.6 is 0 Å². The Morgan fingerprint density at radius 1 is 1.14 bits per heavy atom. The third-order valence-corrected chi connectivity index (χ3v) is 2.15. The number of ketones is 1. The third kappa shape index (κ3) is 1.46. The van der Waals surface area contributed by atoms with Gasteiger partial charge in [0.2, 0.25) is 5.91 Å². The van der Waals surface area contributed by atoms with Crippen molar-refractivity contribution >= 4 is 17.4 Å². The van der Waals surface area contributed by atoms with Gasteiger partial charge in [-0.1, -0.05) is 0 Å². The molecule has 0 radical (unpaired) electrons. The molecular formula is C10H9NO3. The fourth-order valence-corrected chi connectivity index (χ4v) is 1.45. The van der Waals surface area contributed by atoms with Gasteiger partial charge in [0.05, 0.1) is 13.0 Å². The van der Waals surface area contributed by atoms with Crippen LogP contribution in [-0.2, 0) is 9.59 Å². The van der Waals surface area contributed by atoms with Gasteiger partial charge in [0.1, 0.15) is 5.75 Å². The molecule has 1 heterocycles. The average molecular weight is 191 g/mol. The maximum Gasteiger partial charge on any atom is 0.234 e. The molecule has 4 heteroatoms. The van der Waals surface area contributed by atoms with E-state index in [4.69, 9.17) is 5.11 Å². The van der Waals surface area contributed by atoms with Crippen molar-refractivity contribution in [3.05, 3.63) is 24.3 Å². The summed E-state index contributed by atoms with van der Waals surface area (Å²) in [5.41, 5.74) is 0.652.